The van der Waals surface area contributed by atoms with E-state index in [1.165, 1.54) is 23.8 Å². The van der Waals surface area contributed by atoms with Crippen LogP contribution in [-0.4, -0.2) is 66.5 Å². The maximum atomic E-state index is 12.0. The van der Waals surface area contributed by atoms with Gasteiger partial charge in [-0.2, -0.15) is 0 Å². The van der Waals surface area contributed by atoms with E-state index in [-0.39, 0.29) is 4.90 Å². The van der Waals surface area contributed by atoms with Crippen molar-refractivity contribution in [1.29, 1.82) is 0 Å². The first-order valence-electron chi connectivity index (χ1n) is 12.8. The summed E-state index contributed by atoms with van der Waals surface area (Å²) in [5.74, 6) is 0.490. The molecule has 0 amide bonds. The summed E-state index contributed by atoms with van der Waals surface area (Å²) in [6.45, 7) is 3.75. The summed E-state index contributed by atoms with van der Waals surface area (Å²) in [6, 6.07) is 18.0. The number of fused-ring (bicyclic) bond motifs is 2. The van der Waals surface area contributed by atoms with Gasteiger partial charge in [0.2, 0.25) is 5.95 Å². The molecule has 2 aliphatic rings. The first-order chi connectivity index (χ1) is 17.9. The standard InChI is InChI=1S/C28H31N5O3S/c1-37(34,35)26-4-2-3-22(18-26)27-12-11-25-19-29-28(31-33(25)27)30-23-8-5-20-6-9-24(10-7-21(20)17-23)32-13-15-36-16-14-32/h2-5,8,11-12,17-19,24H,6-7,9-10,13-16H2,1H3,(H,30,31). The Labute approximate surface area is 217 Å². The van der Waals surface area contributed by atoms with Crippen LogP contribution in [0.4, 0.5) is 11.6 Å². The summed E-state index contributed by atoms with van der Waals surface area (Å²) >= 11 is 0. The summed E-state index contributed by atoms with van der Waals surface area (Å²) < 4.78 is 31.4. The van der Waals surface area contributed by atoms with Gasteiger partial charge < -0.3 is 10.1 Å². The number of nitrogens with zero attached hydrogens (tertiary/aromatic N) is 4. The van der Waals surface area contributed by atoms with Crippen molar-refractivity contribution in [3.05, 3.63) is 71.9 Å². The van der Waals surface area contributed by atoms with Crippen molar-refractivity contribution in [2.45, 2.75) is 36.6 Å². The van der Waals surface area contributed by atoms with Crippen molar-refractivity contribution in [2.75, 3.05) is 37.9 Å². The highest BCUT2D eigenvalue weighted by Gasteiger charge is 2.24. The molecule has 0 radical (unpaired) electrons. The molecule has 1 aliphatic heterocycles. The van der Waals surface area contributed by atoms with Gasteiger partial charge in [-0.3, -0.25) is 4.90 Å². The highest BCUT2D eigenvalue weighted by Crippen LogP contribution is 2.28. The zero-order valence-electron chi connectivity index (χ0n) is 20.9. The Morgan fingerprint density at radius 3 is 2.59 bits per heavy atom. The molecule has 8 nitrogen and oxygen atoms in total. The topological polar surface area (TPSA) is 88.8 Å². The normalized spacial score (nSPS) is 18.9. The molecule has 0 spiro atoms. The molecule has 1 saturated heterocycles. The Morgan fingerprint density at radius 2 is 1.78 bits per heavy atom. The lowest BCUT2D eigenvalue weighted by Gasteiger charge is -2.33. The first-order valence-corrected chi connectivity index (χ1v) is 14.7. The summed E-state index contributed by atoms with van der Waals surface area (Å²) in [5.41, 5.74) is 6.21. The molecule has 37 heavy (non-hydrogen) atoms. The van der Waals surface area contributed by atoms with Crippen molar-refractivity contribution >= 4 is 27.0 Å². The summed E-state index contributed by atoms with van der Waals surface area (Å²) in [5, 5.41) is 8.11. The molecule has 6 rings (SSSR count). The minimum Gasteiger partial charge on any atom is -0.379 e. The quantitative estimate of drug-likeness (QED) is 0.398. The van der Waals surface area contributed by atoms with Gasteiger partial charge in [-0.1, -0.05) is 18.2 Å². The minimum atomic E-state index is -3.30. The van der Waals surface area contributed by atoms with Gasteiger partial charge in [-0.05, 0) is 73.2 Å². The van der Waals surface area contributed by atoms with Crippen molar-refractivity contribution in [1.82, 2.24) is 19.5 Å². The molecule has 0 bridgehead atoms. The molecular weight excluding hydrogens is 486 g/mol. The maximum Gasteiger partial charge on any atom is 0.245 e. The van der Waals surface area contributed by atoms with E-state index in [1.807, 2.05) is 18.2 Å². The molecule has 1 atom stereocenters. The number of benzene rings is 2. The molecular formula is C28H31N5O3S. The van der Waals surface area contributed by atoms with E-state index in [4.69, 9.17) is 9.84 Å². The zero-order chi connectivity index (χ0) is 25.4. The second-order valence-corrected chi connectivity index (χ2v) is 11.9. The predicted octanol–water partition coefficient (Wildman–Crippen LogP) is 4.12. The van der Waals surface area contributed by atoms with Crippen LogP contribution in [0, 0.1) is 0 Å². The van der Waals surface area contributed by atoms with Gasteiger partial charge in [0.1, 0.15) is 0 Å². The largest absolute Gasteiger partial charge is 0.379 e. The van der Waals surface area contributed by atoms with Gasteiger partial charge in [0.25, 0.3) is 0 Å². The fraction of sp³-hybridized carbons (Fsp3) is 0.357. The lowest BCUT2D eigenvalue weighted by atomic mass is 10.0. The molecule has 1 fully saturated rings. The monoisotopic (exact) mass is 517 g/mol. The number of nitrogens with one attached hydrogen (secondary N) is 1. The molecule has 2 aromatic carbocycles. The average molecular weight is 518 g/mol. The highest BCUT2D eigenvalue weighted by atomic mass is 32.2. The van der Waals surface area contributed by atoms with Gasteiger partial charge in [0.05, 0.1) is 35.5 Å². The second-order valence-electron chi connectivity index (χ2n) is 9.93. The molecule has 1 unspecified atom stereocenters. The lowest BCUT2D eigenvalue weighted by Crippen LogP contribution is -2.43. The molecule has 1 aliphatic carbocycles. The van der Waals surface area contributed by atoms with E-state index in [0.29, 0.717) is 12.0 Å². The number of anilines is 2. The molecule has 192 valence electrons. The van der Waals surface area contributed by atoms with E-state index in [1.54, 1.807) is 28.9 Å². The molecule has 9 heteroatoms. The van der Waals surface area contributed by atoms with E-state index in [0.717, 1.165) is 68.0 Å². The number of sulfone groups is 1. The third-order valence-electron chi connectivity index (χ3n) is 7.47. The van der Waals surface area contributed by atoms with Crippen LogP contribution < -0.4 is 5.32 Å². The maximum absolute atomic E-state index is 12.0. The highest BCUT2D eigenvalue weighted by molar-refractivity contribution is 7.90. The number of aromatic nitrogens is 3. The smallest absolute Gasteiger partial charge is 0.245 e. The van der Waals surface area contributed by atoms with Crippen LogP contribution in [0.3, 0.4) is 0 Å². The number of rotatable bonds is 5. The van der Waals surface area contributed by atoms with Crippen LogP contribution in [0.2, 0.25) is 0 Å². The van der Waals surface area contributed by atoms with Crippen LogP contribution >= 0.6 is 0 Å². The van der Waals surface area contributed by atoms with E-state index in [2.05, 4.69) is 33.4 Å². The van der Waals surface area contributed by atoms with Crippen LogP contribution in [0.15, 0.2) is 65.7 Å². The van der Waals surface area contributed by atoms with Crippen molar-refractivity contribution in [3.63, 3.8) is 0 Å². The van der Waals surface area contributed by atoms with E-state index < -0.39 is 9.84 Å². The molecule has 1 N–H and O–H groups in total. The number of hydrogen-bond donors (Lipinski definition) is 1. The molecule has 4 aromatic rings. The van der Waals surface area contributed by atoms with Gasteiger partial charge in [-0.15, -0.1) is 5.10 Å². The SMILES string of the molecule is CS(=O)(=O)c1cccc(-c2ccc3cnc(Nc4ccc5c(c4)CCC(N4CCOCC4)CC5)nn23)c1. The summed E-state index contributed by atoms with van der Waals surface area (Å²) in [4.78, 5) is 7.39. The third kappa shape index (κ3) is 5.12. The zero-order valence-corrected chi connectivity index (χ0v) is 21.7. The third-order valence-corrected chi connectivity index (χ3v) is 8.59. The number of ether oxygens (including phenoxy) is 1. The van der Waals surface area contributed by atoms with Crippen LogP contribution in [0.25, 0.3) is 16.8 Å². The first kappa shape index (κ1) is 24.1. The van der Waals surface area contributed by atoms with Gasteiger partial charge in [-0.25, -0.2) is 17.9 Å². The summed E-state index contributed by atoms with van der Waals surface area (Å²) in [7, 11) is -3.30. The van der Waals surface area contributed by atoms with Gasteiger partial charge in [0.15, 0.2) is 9.84 Å². The predicted molar refractivity (Wildman–Crippen MR) is 144 cm³/mol. The van der Waals surface area contributed by atoms with E-state index in [9.17, 15) is 8.42 Å². The molecule has 2 aromatic heterocycles. The lowest BCUT2D eigenvalue weighted by molar-refractivity contribution is 0.0136. The Hall–Kier alpha value is -3.27. The van der Waals surface area contributed by atoms with Crippen LogP contribution in [0.1, 0.15) is 24.0 Å². The number of hydrogen-bond acceptors (Lipinski definition) is 7. The van der Waals surface area contributed by atoms with E-state index >= 15 is 0 Å². The molecule has 3 heterocycles. The van der Waals surface area contributed by atoms with Gasteiger partial charge >= 0.3 is 0 Å². The van der Waals surface area contributed by atoms with Crippen molar-refractivity contribution in [3.8, 4) is 11.3 Å². The van der Waals surface area contributed by atoms with Crippen molar-refractivity contribution in [2.24, 2.45) is 0 Å². The van der Waals surface area contributed by atoms with Gasteiger partial charge in [0, 0.05) is 36.6 Å². The fourth-order valence-electron chi connectivity index (χ4n) is 5.47. The Morgan fingerprint density at radius 1 is 0.973 bits per heavy atom. The molecule has 0 saturated carbocycles. The Balaban J connectivity index is 1.23. The average Bonchev–Trinajstić information content (AvgIpc) is 3.21. The summed E-state index contributed by atoms with van der Waals surface area (Å²) in [6.07, 6.45) is 7.50. The number of morpholine rings is 1. The Kier molecular flexibility index (Phi) is 6.44. The van der Waals surface area contributed by atoms with Crippen LogP contribution in [-0.2, 0) is 27.4 Å². The number of aryl methyl sites for hydroxylation is 2. The van der Waals surface area contributed by atoms with Crippen molar-refractivity contribution < 1.29 is 13.2 Å². The Bertz CT molecular complexity index is 1540. The van der Waals surface area contributed by atoms with Crippen LogP contribution in [0.5, 0.6) is 0 Å². The second kappa shape index (κ2) is 9.89. The fourth-order valence-corrected chi connectivity index (χ4v) is 6.14. The minimum absolute atomic E-state index is 0.285.